The molecule has 6 heteroatoms. The molecule has 0 spiro atoms. The summed E-state index contributed by atoms with van der Waals surface area (Å²) in [5, 5.41) is 12.3. The lowest BCUT2D eigenvalue weighted by atomic mass is 9.69. The molecule has 1 aromatic carbocycles. The molecule has 1 amide bonds. The van der Waals surface area contributed by atoms with Crippen molar-refractivity contribution in [2.45, 2.75) is 65.1 Å². The number of carbonyl (C=O) groups excluding carboxylic acids is 1. The van der Waals surface area contributed by atoms with E-state index in [4.69, 9.17) is 0 Å². The van der Waals surface area contributed by atoms with Crippen LogP contribution in [0.5, 0.6) is 0 Å². The van der Waals surface area contributed by atoms with Crippen LogP contribution in [-0.2, 0) is 4.79 Å². The summed E-state index contributed by atoms with van der Waals surface area (Å²) in [5.74, 6) is 1.18. The third kappa shape index (κ3) is 3.06. The average Bonchev–Trinajstić information content (AvgIpc) is 3.25. The summed E-state index contributed by atoms with van der Waals surface area (Å²) in [6.07, 6.45) is 5.33. The molecule has 2 saturated carbocycles. The third-order valence-electron chi connectivity index (χ3n) is 7.75. The van der Waals surface area contributed by atoms with Gasteiger partial charge >= 0.3 is 0 Å². The Bertz CT molecular complexity index is 906. The van der Waals surface area contributed by atoms with Gasteiger partial charge in [0.25, 0.3) is 0 Å². The number of benzene rings is 1. The minimum Gasteiger partial charge on any atom is -0.352 e. The minimum absolute atomic E-state index is 0.0919. The molecule has 5 nitrogen and oxygen atoms in total. The Morgan fingerprint density at radius 2 is 2.07 bits per heavy atom. The van der Waals surface area contributed by atoms with E-state index in [1.807, 2.05) is 4.57 Å². The Morgan fingerprint density at radius 1 is 1.29 bits per heavy atom. The molecule has 28 heavy (non-hydrogen) atoms. The molecule has 0 radical (unpaired) electrons. The van der Waals surface area contributed by atoms with Crippen LogP contribution in [0.2, 0.25) is 0 Å². The topological polar surface area (TPSA) is 59.8 Å². The lowest BCUT2D eigenvalue weighted by Gasteiger charge is -2.39. The van der Waals surface area contributed by atoms with E-state index in [-0.39, 0.29) is 17.4 Å². The summed E-state index contributed by atoms with van der Waals surface area (Å²) in [5.41, 5.74) is 4.03. The number of fused-ring (bicyclic) bond motifs is 2. The van der Waals surface area contributed by atoms with Crippen molar-refractivity contribution in [3.05, 3.63) is 35.7 Å². The lowest BCUT2D eigenvalue weighted by molar-refractivity contribution is -0.120. The number of nitrogens with zero attached hydrogens (tertiary/aromatic N) is 3. The maximum absolute atomic E-state index is 12.7. The second-order valence-electron chi connectivity index (χ2n) is 9.27. The van der Waals surface area contributed by atoms with Gasteiger partial charge in [-0.05, 0) is 73.1 Å². The van der Waals surface area contributed by atoms with Gasteiger partial charge in [-0.3, -0.25) is 9.36 Å². The van der Waals surface area contributed by atoms with Crippen molar-refractivity contribution in [2.24, 2.45) is 16.7 Å². The van der Waals surface area contributed by atoms with E-state index in [9.17, 15) is 4.79 Å². The Kier molecular flexibility index (Phi) is 4.81. The molecule has 2 aromatic rings. The second-order valence-corrected chi connectivity index (χ2v) is 10.2. The number of aryl methyl sites for hydroxylation is 2. The first kappa shape index (κ1) is 19.5. The highest BCUT2D eigenvalue weighted by molar-refractivity contribution is 7.99. The Hall–Kier alpha value is -1.82. The second kappa shape index (κ2) is 6.90. The summed E-state index contributed by atoms with van der Waals surface area (Å²) in [7, 11) is 0. The number of thioether (sulfide) groups is 1. The van der Waals surface area contributed by atoms with Crippen LogP contribution < -0.4 is 5.32 Å². The fourth-order valence-electron chi connectivity index (χ4n) is 5.16. The molecule has 4 rings (SSSR count). The Balaban J connectivity index is 1.40. The molecule has 1 heterocycles. The quantitative estimate of drug-likeness (QED) is 0.763. The number of aromatic nitrogens is 3. The van der Waals surface area contributed by atoms with E-state index in [0.717, 1.165) is 23.2 Å². The van der Waals surface area contributed by atoms with Gasteiger partial charge in [0.05, 0.1) is 5.75 Å². The number of rotatable bonds is 5. The van der Waals surface area contributed by atoms with Crippen LogP contribution in [0.1, 0.15) is 51.2 Å². The minimum atomic E-state index is 0.0919. The van der Waals surface area contributed by atoms with Gasteiger partial charge in [0.1, 0.15) is 6.33 Å². The van der Waals surface area contributed by atoms with Crippen molar-refractivity contribution in [3.8, 4) is 5.69 Å². The first-order chi connectivity index (χ1) is 13.2. The predicted octanol–water partition coefficient (Wildman–Crippen LogP) is 4.31. The van der Waals surface area contributed by atoms with Gasteiger partial charge in [0.15, 0.2) is 5.16 Å². The molecular formula is C22H30N4OS. The zero-order valence-corrected chi connectivity index (χ0v) is 18.3. The molecule has 150 valence electrons. The highest BCUT2D eigenvalue weighted by Crippen LogP contribution is 2.65. The highest BCUT2D eigenvalue weighted by atomic mass is 32.2. The van der Waals surface area contributed by atoms with Crippen molar-refractivity contribution in [1.82, 2.24) is 20.1 Å². The van der Waals surface area contributed by atoms with E-state index < -0.39 is 0 Å². The van der Waals surface area contributed by atoms with E-state index in [2.05, 4.69) is 68.3 Å². The van der Waals surface area contributed by atoms with Crippen LogP contribution >= 0.6 is 11.8 Å². The maximum Gasteiger partial charge on any atom is 0.230 e. The van der Waals surface area contributed by atoms with Crippen molar-refractivity contribution < 1.29 is 4.79 Å². The van der Waals surface area contributed by atoms with Crippen LogP contribution in [0.4, 0.5) is 0 Å². The Morgan fingerprint density at radius 3 is 2.71 bits per heavy atom. The molecule has 2 aliphatic rings. The first-order valence-corrected chi connectivity index (χ1v) is 11.1. The SMILES string of the molecule is Cc1ccc(-n2cnnc2SCC(=O)NC2CC3CCC2(C)C3(C)C)cc1C. The molecule has 0 saturated heterocycles. The zero-order valence-electron chi connectivity index (χ0n) is 17.5. The number of hydrogen-bond donors (Lipinski definition) is 1. The fraction of sp³-hybridized carbons (Fsp3) is 0.591. The van der Waals surface area contributed by atoms with Gasteiger partial charge in [-0.25, -0.2) is 0 Å². The van der Waals surface area contributed by atoms with Gasteiger partial charge in [0.2, 0.25) is 5.91 Å². The van der Waals surface area contributed by atoms with E-state index in [1.54, 1.807) is 6.33 Å². The van der Waals surface area contributed by atoms with Crippen LogP contribution in [0.15, 0.2) is 29.7 Å². The van der Waals surface area contributed by atoms with Crippen molar-refractivity contribution in [2.75, 3.05) is 5.75 Å². The molecule has 0 aliphatic heterocycles. The number of hydrogen-bond acceptors (Lipinski definition) is 4. The fourth-order valence-corrected chi connectivity index (χ4v) is 5.90. The van der Waals surface area contributed by atoms with Crippen LogP contribution in [0.3, 0.4) is 0 Å². The van der Waals surface area contributed by atoms with Crippen LogP contribution in [0, 0.1) is 30.6 Å². The predicted molar refractivity (Wildman–Crippen MR) is 113 cm³/mol. The molecule has 3 unspecified atom stereocenters. The molecule has 2 fully saturated rings. The summed E-state index contributed by atoms with van der Waals surface area (Å²) in [4.78, 5) is 12.7. The van der Waals surface area contributed by atoms with Gasteiger partial charge in [-0.1, -0.05) is 38.6 Å². The third-order valence-corrected chi connectivity index (χ3v) is 8.69. The standard InChI is InChI=1S/C22H30N4OS/c1-14-6-7-17(10-15(14)2)26-13-23-25-20(26)28-12-19(27)24-18-11-16-8-9-22(18,5)21(16,3)4/h6-7,10,13,16,18H,8-9,11-12H2,1-5H3,(H,24,27). The number of amides is 1. The maximum atomic E-state index is 12.7. The molecule has 3 atom stereocenters. The monoisotopic (exact) mass is 398 g/mol. The smallest absolute Gasteiger partial charge is 0.230 e. The largest absolute Gasteiger partial charge is 0.352 e. The van der Waals surface area contributed by atoms with E-state index in [0.29, 0.717) is 11.2 Å². The van der Waals surface area contributed by atoms with E-state index >= 15 is 0 Å². The highest BCUT2D eigenvalue weighted by Gasteiger charge is 2.61. The molecule has 2 aliphatic carbocycles. The van der Waals surface area contributed by atoms with Gasteiger partial charge < -0.3 is 5.32 Å². The van der Waals surface area contributed by atoms with Crippen LogP contribution in [0.25, 0.3) is 5.69 Å². The van der Waals surface area contributed by atoms with E-state index in [1.165, 1.54) is 35.7 Å². The normalized spacial score (nSPS) is 27.9. The molecular weight excluding hydrogens is 368 g/mol. The van der Waals surface area contributed by atoms with Crippen molar-refractivity contribution in [3.63, 3.8) is 0 Å². The molecule has 2 bridgehead atoms. The lowest BCUT2D eigenvalue weighted by Crippen LogP contribution is -2.47. The molecule has 1 aromatic heterocycles. The number of nitrogens with one attached hydrogen (secondary N) is 1. The zero-order chi connectivity index (χ0) is 20.1. The first-order valence-electron chi connectivity index (χ1n) is 10.1. The van der Waals surface area contributed by atoms with Crippen LogP contribution in [-0.4, -0.2) is 32.5 Å². The van der Waals surface area contributed by atoms with Gasteiger partial charge in [-0.2, -0.15) is 0 Å². The number of carbonyl (C=O) groups is 1. The Labute approximate surface area is 171 Å². The summed E-state index contributed by atoms with van der Waals surface area (Å²) < 4.78 is 1.95. The molecule has 1 N–H and O–H groups in total. The summed E-state index contributed by atoms with van der Waals surface area (Å²) in [6.45, 7) is 11.3. The average molecular weight is 399 g/mol. The van der Waals surface area contributed by atoms with Crippen molar-refractivity contribution in [1.29, 1.82) is 0 Å². The van der Waals surface area contributed by atoms with Gasteiger partial charge in [-0.15, -0.1) is 10.2 Å². The van der Waals surface area contributed by atoms with Gasteiger partial charge in [0, 0.05) is 11.7 Å². The summed E-state index contributed by atoms with van der Waals surface area (Å²) in [6, 6.07) is 6.57. The van der Waals surface area contributed by atoms with Crippen molar-refractivity contribution >= 4 is 17.7 Å². The summed E-state index contributed by atoms with van der Waals surface area (Å²) >= 11 is 1.45.